The van der Waals surface area contributed by atoms with Crippen LogP contribution < -0.4 is 0 Å². The minimum absolute atomic E-state index is 0.234. The predicted octanol–water partition coefficient (Wildman–Crippen LogP) is 0.486. The molecule has 0 heterocycles. The summed E-state index contributed by atoms with van der Waals surface area (Å²) in [5, 5.41) is 40.1. The van der Waals surface area contributed by atoms with Gasteiger partial charge in [-0.15, -0.1) is 0 Å². The van der Waals surface area contributed by atoms with Crippen LogP contribution in [0.1, 0.15) is 17.3 Å². The summed E-state index contributed by atoms with van der Waals surface area (Å²) < 4.78 is 0. The number of rotatable bonds is 5. The van der Waals surface area contributed by atoms with Crippen LogP contribution in [-0.2, 0) is 0 Å². The molecule has 4 atom stereocenters. The van der Waals surface area contributed by atoms with Crippen molar-refractivity contribution in [2.45, 2.75) is 31.3 Å². The Morgan fingerprint density at radius 1 is 0.905 bits per heavy atom. The molecule has 2 rings (SSSR count). The highest BCUT2D eigenvalue weighted by Crippen LogP contribution is 2.18. The van der Waals surface area contributed by atoms with Gasteiger partial charge in [0.15, 0.2) is 5.78 Å². The highest BCUT2D eigenvalue weighted by atomic mass is 16.4. The second-order valence-electron chi connectivity index (χ2n) is 5.09. The van der Waals surface area contributed by atoms with Crippen molar-refractivity contribution in [3.05, 3.63) is 48.0 Å². The van der Waals surface area contributed by atoms with E-state index in [4.69, 9.17) is 0 Å². The molecule has 112 valence electrons. The summed E-state index contributed by atoms with van der Waals surface area (Å²) in [5.41, 5.74) is 0.234. The summed E-state index contributed by atoms with van der Waals surface area (Å²) in [7, 11) is 0. The SMILES string of the molecule is CC(O)C(O)C(O)C(O)C(=O)c1ccc2ccccc2c1. The number of aliphatic hydroxyl groups is 4. The van der Waals surface area contributed by atoms with E-state index in [1.807, 2.05) is 24.3 Å². The molecule has 4 unspecified atom stereocenters. The molecule has 5 heteroatoms. The Morgan fingerprint density at radius 3 is 2.14 bits per heavy atom. The molecule has 0 bridgehead atoms. The minimum atomic E-state index is -1.80. The van der Waals surface area contributed by atoms with Crippen molar-refractivity contribution in [2.75, 3.05) is 0 Å². The second-order valence-corrected chi connectivity index (χ2v) is 5.09. The molecule has 0 saturated carbocycles. The van der Waals surface area contributed by atoms with Gasteiger partial charge < -0.3 is 20.4 Å². The number of aliphatic hydroxyl groups excluding tert-OH is 4. The molecule has 4 N–H and O–H groups in total. The van der Waals surface area contributed by atoms with E-state index in [0.29, 0.717) is 0 Å². The third-order valence-electron chi connectivity index (χ3n) is 3.47. The lowest BCUT2D eigenvalue weighted by molar-refractivity contribution is -0.0893. The summed E-state index contributed by atoms with van der Waals surface area (Å²) in [4.78, 5) is 12.2. The first kappa shape index (κ1) is 15.6. The zero-order valence-corrected chi connectivity index (χ0v) is 11.5. The van der Waals surface area contributed by atoms with Crippen molar-refractivity contribution in [3.63, 3.8) is 0 Å². The van der Waals surface area contributed by atoms with Gasteiger partial charge in [-0.3, -0.25) is 4.79 Å². The topological polar surface area (TPSA) is 98.0 Å². The zero-order chi connectivity index (χ0) is 15.6. The Labute approximate surface area is 122 Å². The minimum Gasteiger partial charge on any atom is -0.391 e. The molecular formula is C16H18O5. The van der Waals surface area contributed by atoms with Gasteiger partial charge in [-0.05, 0) is 23.8 Å². The number of carbonyl (C=O) groups excluding carboxylic acids is 1. The molecule has 0 fully saturated rings. The maximum atomic E-state index is 12.2. The van der Waals surface area contributed by atoms with Crippen LogP contribution >= 0.6 is 0 Å². The van der Waals surface area contributed by atoms with Crippen molar-refractivity contribution < 1.29 is 25.2 Å². The van der Waals surface area contributed by atoms with Gasteiger partial charge in [0.2, 0.25) is 0 Å². The molecule has 5 nitrogen and oxygen atoms in total. The Morgan fingerprint density at radius 2 is 1.52 bits per heavy atom. The van der Waals surface area contributed by atoms with E-state index >= 15 is 0 Å². The number of hydrogen-bond donors (Lipinski definition) is 4. The molecule has 0 spiro atoms. The van der Waals surface area contributed by atoms with Crippen molar-refractivity contribution in [1.29, 1.82) is 0 Å². The van der Waals surface area contributed by atoms with Gasteiger partial charge in [0, 0.05) is 5.56 Å². The Hall–Kier alpha value is -1.79. The second kappa shape index (κ2) is 6.32. The monoisotopic (exact) mass is 290 g/mol. The van der Waals surface area contributed by atoms with Gasteiger partial charge in [0.1, 0.15) is 18.3 Å². The summed E-state index contributed by atoms with van der Waals surface area (Å²) >= 11 is 0. The van der Waals surface area contributed by atoms with Gasteiger partial charge in [0.05, 0.1) is 6.10 Å². The number of Topliss-reactive ketones (excluding diaryl/α,β-unsaturated/α-hetero) is 1. The maximum Gasteiger partial charge on any atom is 0.194 e. The van der Waals surface area contributed by atoms with Gasteiger partial charge in [-0.2, -0.15) is 0 Å². The van der Waals surface area contributed by atoms with Crippen molar-refractivity contribution in [3.8, 4) is 0 Å². The Balaban J connectivity index is 2.25. The average Bonchev–Trinajstić information content (AvgIpc) is 2.51. The van der Waals surface area contributed by atoms with Crippen LogP contribution in [-0.4, -0.2) is 50.6 Å². The molecule has 0 aliphatic rings. The Bertz CT molecular complexity index is 637. The van der Waals surface area contributed by atoms with Crippen LogP contribution in [0.25, 0.3) is 10.8 Å². The molecule has 0 aliphatic heterocycles. The molecule has 0 amide bonds. The van der Waals surface area contributed by atoms with E-state index < -0.39 is 30.2 Å². The van der Waals surface area contributed by atoms with E-state index in [9.17, 15) is 25.2 Å². The number of carbonyl (C=O) groups is 1. The Kier molecular flexibility index (Phi) is 4.69. The highest BCUT2D eigenvalue weighted by molar-refractivity contribution is 6.02. The van der Waals surface area contributed by atoms with E-state index in [1.54, 1.807) is 18.2 Å². The molecule has 0 radical (unpaired) electrons. The zero-order valence-electron chi connectivity index (χ0n) is 11.5. The van der Waals surface area contributed by atoms with Crippen LogP contribution in [0.5, 0.6) is 0 Å². The molecular weight excluding hydrogens is 272 g/mol. The van der Waals surface area contributed by atoms with E-state index in [0.717, 1.165) is 10.8 Å². The van der Waals surface area contributed by atoms with Gasteiger partial charge >= 0.3 is 0 Å². The standard InChI is InChI=1S/C16H18O5/c1-9(17)13(18)15(20)16(21)14(19)12-7-6-10-4-2-3-5-11(10)8-12/h2-9,13,15-18,20-21H,1H3. The highest BCUT2D eigenvalue weighted by Gasteiger charge is 2.33. The molecule has 0 saturated heterocycles. The fourth-order valence-corrected chi connectivity index (χ4v) is 2.14. The van der Waals surface area contributed by atoms with Crippen molar-refractivity contribution >= 4 is 16.6 Å². The summed E-state index contributed by atoms with van der Waals surface area (Å²) in [5.74, 6) is -0.701. The smallest absolute Gasteiger partial charge is 0.194 e. The molecule has 0 aliphatic carbocycles. The first-order chi connectivity index (χ1) is 9.91. The van der Waals surface area contributed by atoms with Gasteiger partial charge in [-0.25, -0.2) is 0 Å². The first-order valence-corrected chi connectivity index (χ1v) is 6.67. The van der Waals surface area contributed by atoms with Crippen LogP contribution in [0.4, 0.5) is 0 Å². The third kappa shape index (κ3) is 3.28. The summed E-state index contributed by atoms with van der Waals surface area (Å²) in [6.45, 7) is 1.26. The van der Waals surface area contributed by atoms with Crippen LogP contribution in [0, 0.1) is 0 Å². The molecule has 0 aromatic heterocycles. The maximum absolute atomic E-state index is 12.2. The number of fused-ring (bicyclic) bond motifs is 1. The number of benzene rings is 2. The quantitative estimate of drug-likeness (QED) is 0.601. The third-order valence-corrected chi connectivity index (χ3v) is 3.47. The lowest BCUT2D eigenvalue weighted by Crippen LogP contribution is -2.46. The van der Waals surface area contributed by atoms with E-state index in [2.05, 4.69) is 0 Å². The van der Waals surface area contributed by atoms with E-state index in [-0.39, 0.29) is 5.56 Å². The van der Waals surface area contributed by atoms with Gasteiger partial charge in [-0.1, -0.05) is 36.4 Å². The number of hydrogen-bond acceptors (Lipinski definition) is 5. The van der Waals surface area contributed by atoms with Crippen molar-refractivity contribution in [2.24, 2.45) is 0 Å². The molecule has 21 heavy (non-hydrogen) atoms. The normalized spacial score (nSPS) is 17.2. The predicted molar refractivity (Wildman–Crippen MR) is 78.0 cm³/mol. The van der Waals surface area contributed by atoms with Crippen molar-refractivity contribution in [1.82, 2.24) is 0 Å². The van der Waals surface area contributed by atoms with Crippen LogP contribution in [0.2, 0.25) is 0 Å². The lowest BCUT2D eigenvalue weighted by Gasteiger charge is -2.24. The molecule has 2 aromatic rings. The van der Waals surface area contributed by atoms with E-state index in [1.165, 1.54) is 6.92 Å². The summed E-state index contributed by atoms with van der Waals surface area (Å²) in [6, 6.07) is 12.3. The summed E-state index contributed by atoms with van der Waals surface area (Å²) in [6.07, 6.45) is -6.39. The molecule has 2 aromatic carbocycles. The van der Waals surface area contributed by atoms with Crippen LogP contribution in [0.15, 0.2) is 42.5 Å². The van der Waals surface area contributed by atoms with Crippen LogP contribution in [0.3, 0.4) is 0 Å². The lowest BCUT2D eigenvalue weighted by atomic mass is 9.95. The fraction of sp³-hybridized carbons (Fsp3) is 0.312. The fourth-order valence-electron chi connectivity index (χ4n) is 2.14. The first-order valence-electron chi connectivity index (χ1n) is 6.67. The number of ketones is 1. The average molecular weight is 290 g/mol. The largest absolute Gasteiger partial charge is 0.391 e. The van der Waals surface area contributed by atoms with Gasteiger partial charge in [0.25, 0.3) is 0 Å².